The maximum absolute atomic E-state index is 13.8. The molecular weight excluding hydrogens is 352 g/mol. The van der Waals surface area contributed by atoms with E-state index in [1.54, 1.807) is 37.3 Å². The van der Waals surface area contributed by atoms with Gasteiger partial charge in [-0.1, -0.05) is 0 Å². The molecule has 0 aliphatic rings. The molecule has 1 heterocycles. The summed E-state index contributed by atoms with van der Waals surface area (Å²) < 4.78 is 26.8. The van der Waals surface area contributed by atoms with Crippen LogP contribution >= 0.6 is 0 Å². The quantitative estimate of drug-likeness (QED) is 0.617. The minimum atomic E-state index is -0.714. The first-order valence-electron chi connectivity index (χ1n) is 8.11. The van der Waals surface area contributed by atoms with Gasteiger partial charge in [-0.25, -0.2) is 13.8 Å². The molecule has 0 atom stereocenters. The van der Waals surface area contributed by atoms with E-state index in [1.165, 1.54) is 13.0 Å². The van der Waals surface area contributed by atoms with Gasteiger partial charge in [-0.15, -0.1) is 0 Å². The minimum absolute atomic E-state index is 0.111. The number of nitrogens with one attached hydrogen (secondary N) is 3. The van der Waals surface area contributed by atoms with Crippen LogP contribution in [0.25, 0.3) is 0 Å². The number of hydrogen-bond acceptors (Lipinski definition) is 5. The first kappa shape index (κ1) is 18.2. The van der Waals surface area contributed by atoms with Crippen molar-refractivity contribution in [1.29, 1.82) is 0 Å². The average Bonchev–Trinajstić information content (AvgIpc) is 2.58. The Balaban J connectivity index is 1.77. The number of carbonyl (C=O) groups excluding carboxylic acids is 1. The summed E-state index contributed by atoms with van der Waals surface area (Å²) >= 11 is 0. The summed E-state index contributed by atoms with van der Waals surface area (Å²) in [6, 6.07) is 11.9. The molecule has 0 fully saturated rings. The van der Waals surface area contributed by atoms with Crippen molar-refractivity contribution in [3.8, 4) is 0 Å². The molecule has 138 valence electrons. The molecule has 6 nitrogen and oxygen atoms in total. The second-order valence-corrected chi connectivity index (χ2v) is 5.85. The fraction of sp³-hybridized carbons (Fsp3) is 0.105. The summed E-state index contributed by atoms with van der Waals surface area (Å²) in [6.07, 6.45) is 0. The summed E-state index contributed by atoms with van der Waals surface area (Å²) in [5, 5.41) is 8.54. The van der Waals surface area contributed by atoms with E-state index in [2.05, 4.69) is 25.9 Å². The van der Waals surface area contributed by atoms with Crippen molar-refractivity contribution in [3.05, 3.63) is 65.9 Å². The van der Waals surface area contributed by atoms with E-state index in [0.29, 0.717) is 28.8 Å². The van der Waals surface area contributed by atoms with Gasteiger partial charge in [0.15, 0.2) is 0 Å². The highest BCUT2D eigenvalue weighted by molar-refractivity contribution is 5.88. The second-order valence-electron chi connectivity index (χ2n) is 5.85. The molecule has 0 unspecified atom stereocenters. The van der Waals surface area contributed by atoms with E-state index in [1.807, 2.05) is 0 Å². The number of halogens is 2. The Hall–Kier alpha value is -3.55. The van der Waals surface area contributed by atoms with Crippen LogP contribution in [0, 0.1) is 18.6 Å². The number of aromatic nitrogens is 2. The molecule has 3 aromatic rings. The predicted molar refractivity (Wildman–Crippen MR) is 100 cm³/mol. The van der Waals surface area contributed by atoms with Gasteiger partial charge in [-0.05, 0) is 43.3 Å². The largest absolute Gasteiger partial charge is 0.338 e. The molecule has 1 aromatic heterocycles. The van der Waals surface area contributed by atoms with Gasteiger partial charge in [0.05, 0.1) is 5.69 Å². The van der Waals surface area contributed by atoms with E-state index in [0.717, 1.165) is 12.1 Å². The number of aryl methyl sites for hydroxylation is 1. The van der Waals surface area contributed by atoms with Gasteiger partial charge in [0, 0.05) is 36.1 Å². The summed E-state index contributed by atoms with van der Waals surface area (Å²) in [7, 11) is 0. The maximum atomic E-state index is 13.8. The van der Waals surface area contributed by atoms with Gasteiger partial charge in [0.2, 0.25) is 11.9 Å². The Morgan fingerprint density at radius 2 is 1.63 bits per heavy atom. The van der Waals surface area contributed by atoms with Gasteiger partial charge < -0.3 is 16.0 Å². The van der Waals surface area contributed by atoms with Gasteiger partial charge in [0.1, 0.15) is 17.5 Å². The molecule has 0 bridgehead atoms. The van der Waals surface area contributed by atoms with Crippen LogP contribution in [-0.2, 0) is 4.79 Å². The van der Waals surface area contributed by atoms with Crippen LogP contribution in [-0.4, -0.2) is 15.9 Å². The van der Waals surface area contributed by atoms with Crippen LogP contribution in [0.15, 0.2) is 48.5 Å². The standard InChI is InChI=1S/C19H17F2N5O/c1-11-9-18(25-17-8-3-13(20)10-16(17)21)26-19(22-11)24-15-6-4-14(5-7-15)23-12(2)27/h3-10H,1-2H3,(H,23,27)(H2,22,24,25,26). The molecule has 2 aromatic carbocycles. The normalized spacial score (nSPS) is 10.4. The molecule has 0 spiro atoms. The second kappa shape index (κ2) is 7.77. The Morgan fingerprint density at radius 1 is 0.926 bits per heavy atom. The van der Waals surface area contributed by atoms with Crippen molar-refractivity contribution in [2.24, 2.45) is 0 Å². The summed E-state index contributed by atoms with van der Waals surface area (Å²) in [5.41, 5.74) is 2.16. The Morgan fingerprint density at radius 3 is 2.30 bits per heavy atom. The smallest absolute Gasteiger partial charge is 0.229 e. The third-order valence-corrected chi connectivity index (χ3v) is 3.51. The summed E-state index contributed by atoms with van der Waals surface area (Å²) in [5.74, 6) is -0.838. The molecule has 8 heteroatoms. The van der Waals surface area contributed by atoms with Crippen molar-refractivity contribution in [1.82, 2.24) is 9.97 Å². The topological polar surface area (TPSA) is 78.9 Å². The lowest BCUT2D eigenvalue weighted by molar-refractivity contribution is -0.114. The molecule has 0 saturated carbocycles. The molecular formula is C19H17F2N5O. The highest BCUT2D eigenvalue weighted by atomic mass is 19.1. The van der Waals surface area contributed by atoms with E-state index in [9.17, 15) is 13.6 Å². The number of benzene rings is 2. The Labute approximate surface area is 154 Å². The molecule has 3 rings (SSSR count). The van der Waals surface area contributed by atoms with Crippen molar-refractivity contribution >= 4 is 34.7 Å². The number of rotatable bonds is 5. The fourth-order valence-corrected chi connectivity index (χ4v) is 2.39. The molecule has 3 N–H and O–H groups in total. The van der Waals surface area contributed by atoms with E-state index in [4.69, 9.17) is 0 Å². The zero-order chi connectivity index (χ0) is 19.4. The number of anilines is 5. The van der Waals surface area contributed by atoms with Crippen LogP contribution < -0.4 is 16.0 Å². The van der Waals surface area contributed by atoms with Crippen LogP contribution in [0.5, 0.6) is 0 Å². The third-order valence-electron chi connectivity index (χ3n) is 3.51. The van der Waals surface area contributed by atoms with Crippen molar-refractivity contribution in [2.75, 3.05) is 16.0 Å². The maximum Gasteiger partial charge on any atom is 0.229 e. The third kappa shape index (κ3) is 4.97. The zero-order valence-electron chi connectivity index (χ0n) is 14.7. The predicted octanol–water partition coefficient (Wildman–Crippen LogP) is 4.51. The monoisotopic (exact) mass is 369 g/mol. The van der Waals surface area contributed by atoms with E-state index >= 15 is 0 Å². The molecule has 0 aliphatic heterocycles. The lowest BCUT2D eigenvalue weighted by Gasteiger charge is -2.11. The highest BCUT2D eigenvalue weighted by Gasteiger charge is 2.08. The fourth-order valence-electron chi connectivity index (χ4n) is 2.39. The molecule has 0 aliphatic carbocycles. The van der Waals surface area contributed by atoms with E-state index in [-0.39, 0.29) is 11.6 Å². The van der Waals surface area contributed by atoms with Crippen LogP contribution in [0.2, 0.25) is 0 Å². The molecule has 0 radical (unpaired) electrons. The van der Waals surface area contributed by atoms with E-state index < -0.39 is 11.6 Å². The highest BCUT2D eigenvalue weighted by Crippen LogP contribution is 2.22. The SMILES string of the molecule is CC(=O)Nc1ccc(Nc2nc(C)cc(Nc3ccc(F)cc3F)n2)cc1. The van der Waals surface area contributed by atoms with Crippen molar-refractivity contribution in [3.63, 3.8) is 0 Å². The van der Waals surface area contributed by atoms with Gasteiger partial charge in [0.25, 0.3) is 0 Å². The molecule has 0 saturated heterocycles. The summed E-state index contributed by atoms with van der Waals surface area (Å²) in [4.78, 5) is 19.6. The number of hydrogen-bond donors (Lipinski definition) is 3. The number of nitrogens with zero attached hydrogens (tertiary/aromatic N) is 2. The average molecular weight is 369 g/mol. The zero-order valence-corrected chi connectivity index (χ0v) is 14.7. The lowest BCUT2D eigenvalue weighted by Crippen LogP contribution is -2.06. The van der Waals surface area contributed by atoms with Crippen molar-refractivity contribution < 1.29 is 13.6 Å². The minimum Gasteiger partial charge on any atom is -0.338 e. The van der Waals surface area contributed by atoms with Gasteiger partial charge >= 0.3 is 0 Å². The van der Waals surface area contributed by atoms with Crippen molar-refractivity contribution in [2.45, 2.75) is 13.8 Å². The van der Waals surface area contributed by atoms with Crippen LogP contribution in [0.3, 0.4) is 0 Å². The Bertz CT molecular complexity index is 976. The molecule has 27 heavy (non-hydrogen) atoms. The molecule has 1 amide bonds. The van der Waals surface area contributed by atoms with Gasteiger partial charge in [-0.2, -0.15) is 4.98 Å². The van der Waals surface area contributed by atoms with Crippen LogP contribution in [0.4, 0.5) is 37.6 Å². The number of carbonyl (C=O) groups is 1. The lowest BCUT2D eigenvalue weighted by atomic mass is 10.3. The van der Waals surface area contributed by atoms with Crippen LogP contribution in [0.1, 0.15) is 12.6 Å². The Kier molecular flexibility index (Phi) is 5.25. The van der Waals surface area contributed by atoms with Gasteiger partial charge in [-0.3, -0.25) is 4.79 Å². The summed E-state index contributed by atoms with van der Waals surface area (Å²) in [6.45, 7) is 3.21. The first-order chi connectivity index (χ1) is 12.9. The first-order valence-corrected chi connectivity index (χ1v) is 8.11. The number of amides is 1.